The lowest BCUT2D eigenvalue weighted by Gasteiger charge is -2.30. The molecule has 9 heteroatoms. The fourth-order valence-corrected chi connectivity index (χ4v) is 2.86. The van der Waals surface area contributed by atoms with E-state index in [1.165, 1.54) is 0 Å². The maximum Gasteiger partial charge on any atom is 0.492 e. The number of unbranched alkanes of at least 4 members (excludes halogenated alkanes) is 1. The first kappa shape index (κ1) is 18.0. The van der Waals surface area contributed by atoms with Gasteiger partial charge in [0.1, 0.15) is 0 Å². The molecule has 0 aromatic heterocycles. The van der Waals surface area contributed by atoms with E-state index in [1.807, 2.05) is 14.1 Å². The van der Waals surface area contributed by atoms with Crippen molar-refractivity contribution in [3.8, 4) is 0 Å². The van der Waals surface area contributed by atoms with Crippen molar-refractivity contribution in [2.24, 2.45) is 0 Å². The van der Waals surface area contributed by atoms with E-state index in [2.05, 4.69) is 0 Å². The first-order valence-electron chi connectivity index (χ1n) is 5.84. The Morgan fingerprint density at radius 1 is 1.06 bits per heavy atom. The number of nitrogens with zero attached hydrogens (tertiary/aromatic N) is 1. The normalized spacial score (nSPS) is 13.9. The second-order valence-corrected chi connectivity index (χ2v) is 8.80. The van der Waals surface area contributed by atoms with Crippen LogP contribution in [0.2, 0.25) is 6.04 Å². The minimum Gasteiger partial charge on any atom is -0.748 e. The zero-order chi connectivity index (χ0) is 14.4. The van der Waals surface area contributed by atoms with Crippen molar-refractivity contribution < 1.29 is 31.8 Å². The molecule has 0 aliphatic heterocycles. The van der Waals surface area contributed by atoms with Gasteiger partial charge in [-0.25, -0.2) is 8.42 Å². The third-order valence-electron chi connectivity index (χ3n) is 2.68. The van der Waals surface area contributed by atoms with E-state index in [0.717, 1.165) is 0 Å². The van der Waals surface area contributed by atoms with Gasteiger partial charge in [-0.15, -0.1) is 0 Å². The molecule has 0 saturated heterocycles. The van der Waals surface area contributed by atoms with Gasteiger partial charge in [0, 0.05) is 18.2 Å². The molecule has 0 amide bonds. The van der Waals surface area contributed by atoms with Crippen LogP contribution in [0, 0.1) is 0 Å². The molecule has 0 heterocycles. The number of hydrogen-bond donors (Lipinski definition) is 3. The highest BCUT2D eigenvalue weighted by atomic mass is 32.2. The molecule has 3 N–H and O–H groups in total. The van der Waals surface area contributed by atoms with Crippen LogP contribution in [0.15, 0.2) is 0 Å². The lowest BCUT2D eigenvalue weighted by molar-refractivity contribution is -0.890. The maximum atomic E-state index is 10.4. The van der Waals surface area contributed by atoms with Gasteiger partial charge < -0.3 is 23.4 Å². The molecule has 0 fully saturated rings. The molecule has 7 nitrogen and oxygen atoms in total. The van der Waals surface area contributed by atoms with Crippen LogP contribution in [-0.4, -0.2) is 73.6 Å². The topological polar surface area (TPSA) is 118 Å². The first-order valence-corrected chi connectivity index (χ1v) is 9.47. The van der Waals surface area contributed by atoms with E-state index in [0.29, 0.717) is 36.8 Å². The van der Waals surface area contributed by atoms with E-state index in [-0.39, 0.29) is 11.8 Å². The molecule has 0 aromatic rings. The first-order chi connectivity index (χ1) is 7.91. The van der Waals surface area contributed by atoms with E-state index >= 15 is 0 Å². The molecule has 18 heavy (non-hydrogen) atoms. The summed E-state index contributed by atoms with van der Waals surface area (Å²) >= 11 is 0. The third kappa shape index (κ3) is 12.4. The quantitative estimate of drug-likeness (QED) is 0.211. The highest BCUT2D eigenvalue weighted by molar-refractivity contribution is 7.85. The Labute approximate surface area is 109 Å². The van der Waals surface area contributed by atoms with Crippen molar-refractivity contribution in [3.63, 3.8) is 0 Å². The number of quaternary nitrogens is 1. The molecule has 0 aliphatic carbocycles. The maximum absolute atomic E-state index is 10.4. The van der Waals surface area contributed by atoms with Gasteiger partial charge in [0.25, 0.3) is 0 Å². The standard InChI is InChI=1S/C9H23NO6SSi/c1-10(2,7-5-9-18(14,15)16)6-3-4-8-17(11,12)13/h14-16H,3-9H2,1-2H3. The zero-order valence-electron chi connectivity index (χ0n) is 10.9. The van der Waals surface area contributed by atoms with Crippen LogP contribution < -0.4 is 0 Å². The van der Waals surface area contributed by atoms with Gasteiger partial charge in [0.2, 0.25) is 0 Å². The Hall–Kier alpha value is -0.0331. The van der Waals surface area contributed by atoms with Gasteiger partial charge in [-0.1, -0.05) is 0 Å². The van der Waals surface area contributed by atoms with Crippen molar-refractivity contribution in [2.45, 2.75) is 25.3 Å². The van der Waals surface area contributed by atoms with Crippen molar-refractivity contribution >= 4 is 18.9 Å². The second-order valence-electron chi connectivity index (χ2n) is 5.23. The Morgan fingerprint density at radius 2 is 1.56 bits per heavy atom. The summed E-state index contributed by atoms with van der Waals surface area (Å²) in [5.41, 5.74) is 0. The molecular formula is C9H23NO6SSi. The highest BCUT2D eigenvalue weighted by Crippen LogP contribution is 2.08. The van der Waals surface area contributed by atoms with E-state index < -0.39 is 18.9 Å². The van der Waals surface area contributed by atoms with Gasteiger partial charge in [-0.05, 0) is 12.8 Å². The van der Waals surface area contributed by atoms with Gasteiger partial charge >= 0.3 is 8.80 Å². The SMILES string of the molecule is C[N+](C)(CCCCS(=O)(=O)[O-])CCC[Si](O)(O)O. The van der Waals surface area contributed by atoms with Crippen molar-refractivity contribution in [1.82, 2.24) is 0 Å². The minimum atomic E-state index is -4.13. The van der Waals surface area contributed by atoms with E-state index in [4.69, 9.17) is 14.4 Å². The predicted octanol–water partition coefficient (Wildman–Crippen LogP) is -1.31. The summed E-state index contributed by atoms with van der Waals surface area (Å²) in [6, 6.07) is 0.00359. The molecule has 0 aliphatic rings. The van der Waals surface area contributed by atoms with Crippen LogP contribution in [0.1, 0.15) is 19.3 Å². The zero-order valence-corrected chi connectivity index (χ0v) is 12.7. The summed E-state index contributed by atoms with van der Waals surface area (Å²) in [5.74, 6) is -0.340. The predicted molar refractivity (Wildman–Crippen MR) is 67.5 cm³/mol. The molecule has 0 rings (SSSR count). The lowest BCUT2D eigenvalue weighted by Crippen LogP contribution is -2.43. The molecule has 0 saturated carbocycles. The highest BCUT2D eigenvalue weighted by Gasteiger charge is 2.27. The smallest absolute Gasteiger partial charge is 0.492 e. The Kier molecular flexibility index (Phi) is 6.93. The van der Waals surface area contributed by atoms with Crippen molar-refractivity contribution in [3.05, 3.63) is 0 Å². The van der Waals surface area contributed by atoms with Crippen LogP contribution in [0.5, 0.6) is 0 Å². The Morgan fingerprint density at radius 3 is 2.00 bits per heavy atom. The molecule has 0 spiro atoms. The number of hydrogen-bond acceptors (Lipinski definition) is 6. The van der Waals surface area contributed by atoms with Crippen LogP contribution in [0.25, 0.3) is 0 Å². The molecule has 110 valence electrons. The van der Waals surface area contributed by atoms with Gasteiger partial charge in [-0.3, -0.25) is 0 Å². The van der Waals surface area contributed by atoms with Crippen molar-refractivity contribution in [1.29, 1.82) is 0 Å². The lowest BCUT2D eigenvalue weighted by atomic mass is 10.3. The molecule has 0 radical (unpaired) electrons. The van der Waals surface area contributed by atoms with Gasteiger partial charge in [0.05, 0.1) is 37.3 Å². The molecule has 0 unspecified atom stereocenters. The van der Waals surface area contributed by atoms with E-state index in [9.17, 15) is 13.0 Å². The summed E-state index contributed by atoms with van der Waals surface area (Å²) in [6.45, 7) is 1.35. The average Bonchev–Trinajstić information content (AvgIpc) is 2.08. The molecule has 0 atom stereocenters. The molecule has 0 aromatic carbocycles. The summed E-state index contributed by atoms with van der Waals surface area (Å²) in [5, 5.41) is 0. The third-order valence-corrected chi connectivity index (χ3v) is 4.50. The average molecular weight is 301 g/mol. The van der Waals surface area contributed by atoms with Gasteiger partial charge in [-0.2, -0.15) is 0 Å². The fraction of sp³-hybridized carbons (Fsp3) is 1.00. The molecular weight excluding hydrogens is 278 g/mol. The van der Waals surface area contributed by atoms with Crippen LogP contribution >= 0.6 is 0 Å². The van der Waals surface area contributed by atoms with Crippen LogP contribution in [0.4, 0.5) is 0 Å². The largest absolute Gasteiger partial charge is 0.748 e. The van der Waals surface area contributed by atoms with Crippen molar-refractivity contribution in [2.75, 3.05) is 32.9 Å². The number of rotatable bonds is 9. The Bertz CT molecular complexity index is 337. The Balaban J connectivity index is 3.80. The summed E-state index contributed by atoms with van der Waals surface area (Å²) < 4.78 is 31.8. The monoisotopic (exact) mass is 301 g/mol. The second kappa shape index (κ2) is 6.94. The minimum absolute atomic E-state index is 0.00359. The van der Waals surface area contributed by atoms with Crippen LogP contribution in [0.3, 0.4) is 0 Å². The summed E-state index contributed by atoms with van der Waals surface area (Å²) in [6.07, 6.45) is 1.45. The molecule has 0 bridgehead atoms. The summed E-state index contributed by atoms with van der Waals surface area (Å²) in [4.78, 5) is 26.6. The van der Waals surface area contributed by atoms with Gasteiger partial charge in [0.15, 0.2) is 0 Å². The summed E-state index contributed by atoms with van der Waals surface area (Å²) in [7, 11) is -4.22. The van der Waals surface area contributed by atoms with Crippen LogP contribution in [-0.2, 0) is 10.1 Å². The fourth-order valence-electron chi connectivity index (χ4n) is 1.67. The van der Waals surface area contributed by atoms with E-state index in [1.54, 1.807) is 0 Å².